The van der Waals surface area contributed by atoms with Gasteiger partial charge in [0.15, 0.2) is 11.5 Å². The van der Waals surface area contributed by atoms with E-state index in [1.54, 1.807) is 0 Å². The Morgan fingerprint density at radius 2 is 2.24 bits per heavy atom. The van der Waals surface area contributed by atoms with Crippen LogP contribution in [0.5, 0.6) is 0 Å². The lowest BCUT2D eigenvalue weighted by Gasteiger charge is -2.34. The highest BCUT2D eigenvalue weighted by molar-refractivity contribution is 5.77. The Kier molecular flexibility index (Phi) is 4.88. The van der Waals surface area contributed by atoms with E-state index in [1.807, 2.05) is 50.8 Å². The average Bonchev–Trinajstić information content (AvgIpc) is 2.91. The molecule has 6 nitrogen and oxygen atoms in total. The fraction of sp³-hybridized carbons (Fsp3) is 0.579. The van der Waals surface area contributed by atoms with E-state index in [2.05, 4.69) is 10.3 Å². The first-order valence-electron chi connectivity index (χ1n) is 8.89. The highest BCUT2D eigenvalue weighted by Gasteiger charge is 2.27. The minimum atomic E-state index is -0.451. The van der Waals surface area contributed by atoms with Gasteiger partial charge in [-0.3, -0.25) is 0 Å². The number of nitrogens with zero attached hydrogens (tertiary/aromatic N) is 2. The molecule has 136 valence electrons. The molecule has 0 saturated carbocycles. The van der Waals surface area contributed by atoms with Crippen LogP contribution in [0.3, 0.4) is 0 Å². The molecular formula is C19H27N3O3. The van der Waals surface area contributed by atoms with Gasteiger partial charge in [-0.15, -0.1) is 0 Å². The number of fused-ring (bicyclic) bond motifs is 1. The molecule has 0 aliphatic carbocycles. The first-order valence-corrected chi connectivity index (χ1v) is 8.89. The molecule has 1 amide bonds. The van der Waals surface area contributed by atoms with Gasteiger partial charge in [-0.2, -0.15) is 0 Å². The lowest BCUT2D eigenvalue weighted by molar-refractivity contribution is 0.0172. The van der Waals surface area contributed by atoms with Crippen molar-refractivity contribution < 1.29 is 13.9 Å². The van der Waals surface area contributed by atoms with Crippen molar-refractivity contribution in [2.45, 2.75) is 46.1 Å². The van der Waals surface area contributed by atoms with Crippen LogP contribution in [0.15, 0.2) is 22.6 Å². The second-order valence-electron chi connectivity index (χ2n) is 7.73. The van der Waals surface area contributed by atoms with E-state index in [0.717, 1.165) is 49.3 Å². The number of oxazole rings is 1. The van der Waals surface area contributed by atoms with Crippen LogP contribution >= 0.6 is 0 Å². The van der Waals surface area contributed by atoms with Crippen molar-refractivity contribution in [1.29, 1.82) is 0 Å². The quantitative estimate of drug-likeness (QED) is 0.903. The zero-order valence-corrected chi connectivity index (χ0v) is 15.5. The molecule has 0 bridgehead atoms. The maximum absolute atomic E-state index is 12.2. The zero-order valence-electron chi connectivity index (χ0n) is 15.5. The van der Waals surface area contributed by atoms with Gasteiger partial charge < -0.3 is 19.4 Å². The molecule has 0 spiro atoms. The van der Waals surface area contributed by atoms with Crippen molar-refractivity contribution >= 4 is 22.9 Å². The van der Waals surface area contributed by atoms with Gasteiger partial charge in [0.25, 0.3) is 0 Å². The molecule has 1 aromatic carbocycles. The third-order valence-corrected chi connectivity index (χ3v) is 4.26. The van der Waals surface area contributed by atoms with E-state index in [0.29, 0.717) is 11.8 Å². The van der Waals surface area contributed by atoms with Crippen LogP contribution in [0.1, 0.15) is 39.5 Å². The largest absolute Gasteiger partial charge is 0.444 e. The van der Waals surface area contributed by atoms with Gasteiger partial charge in [0.05, 0.1) is 0 Å². The molecule has 1 atom stereocenters. The Balaban J connectivity index is 1.56. The minimum absolute atomic E-state index is 0.211. The van der Waals surface area contributed by atoms with E-state index in [-0.39, 0.29) is 6.09 Å². The van der Waals surface area contributed by atoms with E-state index < -0.39 is 5.60 Å². The molecule has 0 radical (unpaired) electrons. The van der Waals surface area contributed by atoms with Crippen LogP contribution in [-0.4, -0.2) is 41.2 Å². The molecule has 25 heavy (non-hydrogen) atoms. The summed E-state index contributed by atoms with van der Waals surface area (Å²) in [6, 6.07) is 5.94. The summed E-state index contributed by atoms with van der Waals surface area (Å²) < 4.78 is 11.0. The maximum Gasteiger partial charge on any atom is 0.410 e. The molecule has 2 heterocycles. The number of benzene rings is 1. The van der Waals surface area contributed by atoms with Gasteiger partial charge in [-0.1, -0.05) is 0 Å². The molecule has 1 N–H and O–H groups in total. The number of anilines is 1. The molecule has 1 aromatic heterocycles. The van der Waals surface area contributed by atoms with Crippen molar-refractivity contribution in [2.75, 3.05) is 25.0 Å². The molecule has 1 saturated heterocycles. The predicted molar refractivity (Wildman–Crippen MR) is 97.8 cm³/mol. The molecular weight excluding hydrogens is 318 g/mol. The highest BCUT2D eigenvalue weighted by atomic mass is 16.6. The van der Waals surface area contributed by atoms with Crippen LogP contribution in [-0.2, 0) is 4.74 Å². The summed E-state index contributed by atoms with van der Waals surface area (Å²) in [4.78, 5) is 18.4. The van der Waals surface area contributed by atoms with E-state index >= 15 is 0 Å². The smallest absolute Gasteiger partial charge is 0.410 e. The van der Waals surface area contributed by atoms with Crippen molar-refractivity contribution in [3.05, 3.63) is 24.1 Å². The minimum Gasteiger partial charge on any atom is -0.444 e. The fourth-order valence-electron chi connectivity index (χ4n) is 3.14. The Bertz CT molecular complexity index is 748. The van der Waals surface area contributed by atoms with E-state index in [1.165, 1.54) is 0 Å². The van der Waals surface area contributed by atoms with E-state index in [4.69, 9.17) is 9.15 Å². The summed E-state index contributed by atoms with van der Waals surface area (Å²) in [5.41, 5.74) is 2.24. The molecule has 1 unspecified atom stereocenters. The van der Waals surface area contributed by atoms with Crippen LogP contribution in [0.25, 0.3) is 11.1 Å². The molecule has 3 rings (SSSR count). The number of hydrogen-bond acceptors (Lipinski definition) is 5. The van der Waals surface area contributed by atoms with E-state index in [9.17, 15) is 4.79 Å². The lowest BCUT2D eigenvalue weighted by atomic mass is 9.98. The van der Waals surface area contributed by atoms with Gasteiger partial charge in [0.1, 0.15) is 11.1 Å². The normalized spacial score (nSPS) is 18.4. The number of aryl methyl sites for hydroxylation is 1. The molecule has 2 aromatic rings. The molecule has 1 aliphatic rings. The average molecular weight is 345 g/mol. The van der Waals surface area contributed by atoms with Crippen molar-refractivity contribution in [2.24, 2.45) is 5.92 Å². The highest BCUT2D eigenvalue weighted by Crippen LogP contribution is 2.22. The first kappa shape index (κ1) is 17.6. The van der Waals surface area contributed by atoms with Crippen LogP contribution < -0.4 is 5.32 Å². The summed E-state index contributed by atoms with van der Waals surface area (Å²) in [5.74, 6) is 1.09. The number of carbonyl (C=O) groups excluding carboxylic acids is 1. The summed E-state index contributed by atoms with van der Waals surface area (Å²) >= 11 is 0. The van der Waals surface area contributed by atoms with Gasteiger partial charge in [-0.25, -0.2) is 9.78 Å². The van der Waals surface area contributed by atoms with Crippen LogP contribution in [0.2, 0.25) is 0 Å². The number of aromatic nitrogens is 1. The Morgan fingerprint density at radius 3 is 3.00 bits per heavy atom. The van der Waals surface area contributed by atoms with Crippen molar-refractivity contribution in [3.8, 4) is 0 Å². The first-order chi connectivity index (χ1) is 11.8. The number of carbonyl (C=O) groups is 1. The summed E-state index contributed by atoms with van der Waals surface area (Å²) in [6.45, 7) is 9.87. The lowest BCUT2D eigenvalue weighted by Crippen LogP contribution is -2.44. The zero-order chi connectivity index (χ0) is 18.0. The predicted octanol–water partition coefficient (Wildman–Crippen LogP) is 4.20. The SMILES string of the molecule is Cc1nc2cc(NCC3CCCN(C(=O)OC(C)(C)C)C3)ccc2o1. The molecule has 6 heteroatoms. The van der Waals surface area contributed by atoms with Crippen LogP contribution in [0, 0.1) is 12.8 Å². The summed E-state index contributed by atoms with van der Waals surface area (Å²) in [7, 11) is 0. The van der Waals surface area contributed by atoms with Crippen molar-refractivity contribution in [3.63, 3.8) is 0 Å². The second kappa shape index (κ2) is 6.94. The number of amides is 1. The molecule has 1 fully saturated rings. The summed E-state index contributed by atoms with van der Waals surface area (Å²) in [5, 5.41) is 3.46. The standard InChI is InChI=1S/C19H27N3O3/c1-13-21-16-10-15(7-8-17(16)24-13)20-11-14-6-5-9-22(12-14)18(23)25-19(2,3)4/h7-8,10,14,20H,5-6,9,11-12H2,1-4H3. The van der Waals surface area contributed by atoms with Gasteiger partial charge >= 0.3 is 6.09 Å². The monoisotopic (exact) mass is 345 g/mol. The second-order valence-corrected chi connectivity index (χ2v) is 7.73. The third-order valence-electron chi connectivity index (χ3n) is 4.26. The van der Waals surface area contributed by atoms with Crippen molar-refractivity contribution in [1.82, 2.24) is 9.88 Å². The maximum atomic E-state index is 12.2. The Labute approximate surface area is 148 Å². The van der Waals surface area contributed by atoms with Gasteiger partial charge in [-0.05, 0) is 57.7 Å². The van der Waals surface area contributed by atoms with Gasteiger partial charge in [0, 0.05) is 32.2 Å². The molecule has 1 aliphatic heterocycles. The topological polar surface area (TPSA) is 67.6 Å². The number of hydrogen-bond donors (Lipinski definition) is 1. The number of piperidine rings is 1. The van der Waals surface area contributed by atoms with Crippen LogP contribution in [0.4, 0.5) is 10.5 Å². The number of ether oxygens (including phenoxy) is 1. The number of likely N-dealkylation sites (tertiary alicyclic amines) is 1. The summed E-state index contributed by atoms with van der Waals surface area (Å²) in [6.07, 6.45) is 1.90. The number of rotatable bonds is 3. The fourth-order valence-corrected chi connectivity index (χ4v) is 3.14. The Morgan fingerprint density at radius 1 is 1.44 bits per heavy atom. The third kappa shape index (κ3) is 4.65. The Hall–Kier alpha value is -2.24. The van der Waals surface area contributed by atoms with Gasteiger partial charge in [0.2, 0.25) is 0 Å². The number of nitrogens with one attached hydrogen (secondary N) is 1.